The number of hydrogen-bond acceptors (Lipinski definition) is 4. The molecule has 112 valence electrons. The van der Waals surface area contributed by atoms with Crippen LogP contribution in [-0.4, -0.2) is 48.5 Å². The second-order valence-electron chi connectivity index (χ2n) is 4.72. The minimum Gasteiger partial charge on any atom is -0.380 e. The second kappa shape index (κ2) is 8.76. The van der Waals surface area contributed by atoms with Crippen LogP contribution in [0.5, 0.6) is 0 Å². The molecule has 0 saturated carbocycles. The minimum atomic E-state index is -0.430. The van der Waals surface area contributed by atoms with Gasteiger partial charge in [-0.05, 0) is 25.6 Å². The predicted octanol–water partition coefficient (Wildman–Crippen LogP) is 2.40. The van der Waals surface area contributed by atoms with Crippen LogP contribution >= 0.6 is 0 Å². The summed E-state index contributed by atoms with van der Waals surface area (Å²) in [5, 5.41) is 0. The molecule has 1 heterocycles. The lowest BCUT2D eigenvalue weighted by atomic mass is 10.0. The first-order valence-electron chi connectivity index (χ1n) is 7.04. The van der Waals surface area contributed by atoms with Gasteiger partial charge in [0.25, 0.3) is 0 Å². The number of hydrogen-bond donors (Lipinski definition) is 0. The molecular formula is C15H23FN2O2. The summed E-state index contributed by atoms with van der Waals surface area (Å²) in [4.78, 5) is 18.2. The molecule has 1 aromatic heterocycles. The summed E-state index contributed by atoms with van der Waals surface area (Å²) in [6, 6.07) is 2.70. The maximum atomic E-state index is 12.8. The fourth-order valence-corrected chi connectivity index (χ4v) is 1.96. The minimum absolute atomic E-state index is 0.0557. The van der Waals surface area contributed by atoms with Gasteiger partial charge < -0.3 is 9.64 Å². The van der Waals surface area contributed by atoms with Gasteiger partial charge in [0.1, 0.15) is 11.5 Å². The number of pyridine rings is 1. The predicted molar refractivity (Wildman–Crippen MR) is 76.3 cm³/mol. The number of likely N-dealkylation sites (N-methyl/N-ethyl adjacent to an activating group) is 1. The lowest BCUT2D eigenvalue weighted by Crippen LogP contribution is -2.34. The molecule has 0 radical (unpaired) electrons. The highest BCUT2D eigenvalue weighted by Crippen LogP contribution is 2.09. The molecule has 0 aliphatic rings. The Morgan fingerprint density at radius 2 is 2.20 bits per heavy atom. The summed E-state index contributed by atoms with van der Waals surface area (Å²) in [7, 11) is 0. The van der Waals surface area contributed by atoms with Gasteiger partial charge in [0.05, 0.1) is 12.8 Å². The van der Waals surface area contributed by atoms with E-state index in [1.165, 1.54) is 12.1 Å². The maximum Gasteiger partial charge on any atom is 0.185 e. The largest absolute Gasteiger partial charge is 0.380 e. The van der Waals surface area contributed by atoms with Crippen LogP contribution in [0.4, 0.5) is 4.39 Å². The van der Waals surface area contributed by atoms with Crippen LogP contribution < -0.4 is 0 Å². The van der Waals surface area contributed by atoms with E-state index in [9.17, 15) is 9.18 Å². The Balaban J connectivity index is 2.53. The van der Waals surface area contributed by atoms with Crippen molar-refractivity contribution < 1.29 is 13.9 Å². The van der Waals surface area contributed by atoms with Crippen LogP contribution in [0.1, 0.15) is 31.3 Å². The summed E-state index contributed by atoms with van der Waals surface area (Å²) < 4.78 is 18.1. The zero-order valence-electron chi connectivity index (χ0n) is 12.4. The summed E-state index contributed by atoms with van der Waals surface area (Å²) in [5.74, 6) is -0.657. The fraction of sp³-hybridized carbons (Fsp3) is 0.600. The van der Waals surface area contributed by atoms with E-state index in [0.29, 0.717) is 25.5 Å². The molecule has 1 aromatic rings. The topological polar surface area (TPSA) is 42.4 Å². The van der Waals surface area contributed by atoms with Crippen LogP contribution in [0.25, 0.3) is 0 Å². The molecule has 0 spiro atoms. The molecule has 1 atom stereocenters. The third kappa shape index (κ3) is 5.35. The molecule has 1 rings (SSSR count). The van der Waals surface area contributed by atoms with Crippen molar-refractivity contribution in [3.8, 4) is 0 Å². The van der Waals surface area contributed by atoms with Gasteiger partial charge in [-0.25, -0.2) is 4.39 Å². The number of nitrogens with zero attached hydrogens (tertiary/aromatic N) is 2. The first kappa shape index (κ1) is 16.7. The standard InChI is InChI=1S/C15H23FN2O2/c1-4-18(8-9-20-5-2)11-12(3)15(19)14-7-6-13(16)10-17-14/h6-7,10,12H,4-5,8-9,11H2,1-3H3. The third-order valence-corrected chi connectivity index (χ3v) is 3.16. The van der Waals surface area contributed by atoms with E-state index in [2.05, 4.69) is 16.8 Å². The van der Waals surface area contributed by atoms with Gasteiger partial charge in [0, 0.05) is 25.6 Å². The zero-order valence-corrected chi connectivity index (χ0v) is 12.4. The van der Waals surface area contributed by atoms with Crippen molar-refractivity contribution in [3.05, 3.63) is 29.8 Å². The van der Waals surface area contributed by atoms with Crippen LogP contribution in [0, 0.1) is 11.7 Å². The molecule has 0 bridgehead atoms. The van der Waals surface area contributed by atoms with E-state index in [1.807, 2.05) is 13.8 Å². The van der Waals surface area contributed by atoms with Crippen molar-refractivity contribution >= 4 is 5.78 Å². The van der Waals surface area contributed by atoms with Crippen LogP contribution in [0.15, 0.2) is 18.3 Å². The highest BCUT2D eigenvalue weighted by molar-refractivity contribution is 5.95. The molecule has 0 N–H and O–H groups in total. The molecule has 0 aliphatic carbocycles. The molecule has 0 amide bonds. The number of aromatic nitrogens is 1. The van der Waals surface area contributed by atoms with Crippen LogP contribution in [0.3, 0.4) is 0 Å². The Bertz CT molecular complexity index is 409. The summed E-state index contributed by atoms with van der Waals surface area (Å²) >= 11 is 0. The van der Waals surface area contributed by atoms with E-state index < -0.39 is 5.82 Å². The monoisotopic (exact) mass is 282 g/mol. The number of rotatable bonds is 9. The number of ether oxygens (including phenoxy) is 1. The average molecular weight is 282 g/mol. The molecule has 20 heavy (non-hydrogen) atoms. The van der Waals surface area contributed by atoms with E-state index in [1.54, 1.807) is 0 Å². The maximum absolute atomic E-state index is 12.8. The Morgan fingerprint density at radius 1 is 1.45 bits per heavy atom. The quantitative estimate of drug-likeness (QED) is 0.515. The normalized spacial score (nSPS) is 12.7. The molecule has 0 aliphatic heterocycles. The van der Waals surface area contributed by atoms with Gasteiger partial charge >= 0.3 is 0 Å². The van der Waals surface area contributed by atoms with E-state index in [4.69, 9.17) is 4.74 Å². The molecule has 4 nitrogen and oxygen atoms in total. The van der Waals surface area contributed by atoms with Crippen molar-refractivity contribution in [1.29, 1.82) is 0 Å². The highest BCUT2D eigenvalue weighted by atomic mass is 19.1. The number of carbonyl (C=O) groups is 1. The molecule has 1 unspecified atom stereocenters. The second-order valence-corrected chi connectivity index (χ2v) is 4.72. The molecule has 0 aromatic carbocycles. The number of halogens is 1. The molecular weight excluding hydrogens is 259 g/mol. The first-order valence-corrected chi connectivity index (χ1v) is 7.04. The van der Waals surface area contributed by atoms with Gasteiger partial charge in [0.15, 0.2) is 5.78 Å². The SMILES string of the molecule is CCOCCN(CC)CC(C)C(=O)c1ccc(F)cn1. The Labute approximate surface area is 120 Å². The lowest BCUT2D eigenvalue weighted by molar-refractivity contribution is 0.0841. The van der Waals surface area contributed by atoms with E-state index >= 15 is 0 Å². The van der Waals surface area contributed by atoms with Crippen molar-refractivity contribution in [2.75, 3.05) is 32.8 Å². The number of ketones is 1. The lowest BCUT2D eigenvalue weighted by Gasteiger charge is -2.23. The Hall–Kier alpha value is -1.33. The van der Waals surface area contributed by atoms with E-state index in [0.717, 1.165) is 19.3 Å². The number of carbonyl (C=O) groups excluding carboxylic acids is 1. The molecule has 0 fully saturated rings. The average Bonchev–Trinajstić information content (AvgIpc) is 2.46. The highest BCUT2D eigenvalue weighted by Gasteiger charge is 2.19. The Kier molecular flexibility index (Phi) is 7.33. The van der Waals surface area contributed by atoms with Gasteiger partial charge in [0.2, 0.25) is 0 Å². The van der Waals surface area contributed by atoms with Crippen LogP contribution in [-0.2, 0) is 4.74 Å². The fourth-order valence-electron chi connectivity index (χ4n) is 1.96. The Morgan fingerprint density at radius 3 is 2.75 bits per heavy atom. The summed E-state index contributed by atoms with van der Waals surface area (Å²) in [6.07, 6.45) is 1.08. The van der Waals surface area contributed by atoms with E-state index in [-0.39, 0.29) is 11.7 Å². The van der Waals surface area contributed by atoms with Gasteiger partial charge in [-0.3, -0.25) is 9.78 Å². The van der Waals surface area contributed by atoms with Gasteiger partial charge in [-0.1, -0.05) is 13.8 Å². The molecule has 0 saturated heterocycles. The van der Waals surface area contributed by atoms with Gasteiger partial charge in [-0.15, -0.1) is 0 Å². The summed E-state index contributed by atoms with van der Waals surface area (Å²) in [5.41, 5.74) is 0.319. The number of Topliss-reactive ketones (excluding diaryl/α,β-unsaturated/α-hetero) is 1. The third-order valence-electron chi connectivity index (χ3n) is 3.16. The van der Waals surface area contributed by atoms with Crippen molar-refractivity contribution in [2.24, 2.45) is 5.92 Å². The van der Waals surface area contributed by atoms with Crippen molar-refractivity contribution in [2.45, 2.75) is 20.8 Å². The first-order chi connectivity index (χ1) is 9.58. The molecule has 5 heteroatoms. The summed E-state index contributed by atoms with van der Waals surface area (Å²) in [6.45, 7) is 9.58. The van der Waals surface area contributed by atoms with Crippen molar-refractivity contribution in [3.63, 3.8) is 0 Å². The van der Waals surface area contributed by atoms with Crippen molar-refractivity contribution in [1.82, 2.24) is 9.88 Å². The smallest absolute Gasteiger partial charge is 0.185 e. The zero-order chi connectivity index (χ0) is 15.0. The van der Waals surface area contributed by atoms with Crippen LogP contribution in [0.2, 0.25) is 0 Å². The van der Waals surface area contributed by atoms with Gasteiger partial charge in [-0.2, -0.15) is 0 Å².